The molecule has 2 N–H and O–H groups in total. The van der Waals surface area contributed by atoms with E-state index >= 15 is 0 Å². The number of hydrogen-bond acceptors (Lipinski definition) is 1. The van der Waals surface area contributed by atoms with Crippen LogP contribution >= 0.6 is 0 Å². The highest BCUT2D eigenvalue weighted by molar-refractivity contribution is 5.81. The summed E-state index contributed by atoms with van der Waals surface area (Å²) in [4.78, 5) is 3.54. The molecule has 0 aromatic carbocycles. The SMILES string of the molecule is CC(C)N=C(N)CC(F)(F)F. The first-order chi connectivity index (χ1) is 4.81. The molecule has 0 aliphatic carbocycles. The zero-order valence-electron chi connectivity index (χ0n) is 6.44. The van der Waals surface area contributed by atoms with Crippen LogP contribution in [0.1, 0.15) is 20.3 Å². The average Bonchev–Trinajstić information content (AvgIpc) is 1.53. The maximum Gasteiger partial charge on any atom is 0.395 e. The van der Waals surface area contributed by atoms with Gasteiger partial charge in [-0.1, -0.05) is 0 Å². The molecule has 0 bridgehead atoms. The molecular weight excluding hydrogens is 157 g/mol. The van der Waals surface area contributed by atoms with E-state index in [0.29, 0.717) is 0 Å². The van der Waals surface area contributed by atoms with Crippen molar-refractivity contribution in [2.24, 2.45) is 10.7 Å². The van der Waals surface area contributed by atoms with Gasteiger partial charge in [-0.25, -0.2) is 0 Å². The molecule has 0 rings (SSSR count). The van der Waals surface area contributed by atoms with Crippen LogP contribution in [0.2, 0.25) is 0 Å². The number of rotatable bonds is 2. The fraction of sp³-hybridized carbons (Fsp3) is 0.833. The van der Waals surface area contributed by atoms with E-state index in [0.717, 1.165) is 0 Å². The lowest BCUT2D eigenvalue weighted by atomic mass is 10.3. The molecule has 0 fully saturated rings. The van der Waals surface area contributed by atoms with Gasteiger partial charge in [0.1, 0.15) is 12.3 Å². The van der Waals surface area contributed by atoms with Crippen molar-refractivity contribution in [2.45, 2.75) is 32.5 Å². The Morgan fingerprint density at radius 2 is 1.91 bits per heavy atom. The third kappa shape index (κ3) is 7.15. The average molecular weight is 168 g/mol. The summed E-state index contributed by atoms with van der Waals surface area (Å²) in [6.07, 6.45) is -5.37. The van der Waals surface area contributed by atoms with Crippen molar-refractivity contribution >= 4 is 5.84 Å². The van der Waals surface area contributed by atoms with E-state index < -0.39 is 12.6 Å². The smallest absolute Gasteiger partial charge is 0.387 e. The molecule has 5 heteroatoms. The van der Waals surface area contributed by atoms with E-state index in [4.69, 9.17) is 5.73 Å². The molecule has 0 saturated heterocycles. The van der Waals surface area contributed by atoms with Gasteiger partial charge in [-0.2, -0.15) is 13.2 Å². The van der Waals surface area contributed by atoms with E-state index in [9.17, 15) is 13.2 Å². The second kappa shape index (κ2) is 3.59. The number of hydrogen-bond donors (Lipinski definition) is 1. The zero-order chi connectivity index (χ0) is 9.07. The van der Waals surface area contributed by atoms with Gasteiger partial charge >= 0.3 is 6.18 Å². The van der Waals surface area contributed by atoms with Gasteiger partial charge in [0.2, 0.25) is 0 Å². The first-order valence-electron chi connectivity index (χ1n) is 3.20. The third-order valence-corrected chi connectivity index (χ3v) is 0.806. The van der Waals surface area contributed by atoms with Gasteiger partial charge in [0.15, 0.2) is 0 Å². The van der Waals surface area contributed by atoms with E-state index in [1.54, 1.807) is 13.8 Å². The van der Waals surface area contributed by atoms with Crippen molar-refractivity contribution in [3.05, 3.63) is 0 Å². The summed E-state index contributed by atoms with van der Waals surface area (Å²) in [6.45, 7) is 3.34. The summed E-state index contributed by atoms with van der Waals surface area (Å²) in [5.41, 5.74) is 4.99. The molecular formula is C6H11F3N2. The second-order valence-electron chi connectivity index (χ2n) is 2.51. The highest BCUT2D eigenvalue weighted by atomic mass is 19.4. The van der Waals surface area contributed by atoms with Gasteiger partial charge in [-0.05, 0) is 13.8 Å². The molecule has 0 aromatic heterocycles. The molecule has 0 aliphatic heterocycles. The summed E-state index contributed by atoms with van der Waals surface area (Å²) in [5.74, 6) is -0.354. The van der Waals surface area contributed by atoms with E-state index in [2.05, 4.69) is 4.99 Å². The van der Waals surface area contributed by atoms with Crippen molar-refractivity contribution in [3.63, 3.8) is 0 Å². The second-order valence-corrected chi connectivity index (χ2v) is 2.51. The minimum absolute atomic E-state index is 0.183. The van der Waals surface area contributed by atoms with Gasteiger partial charge in [-0.3, -0.25) is 4.99 Å². The van der Waals surface area contributed by atoms with Crippen LogP contribution < -0.4 is 5.73 Å². The Labute approximate surface area is 63.3 Å². The molecule has 0 heterocycles. The summed E-state index contributed by atoms with van der Waals surface area (Å²) >= 11 is 0. The number of alkyl halides is 3. The Morgan fingerprint density at radius 3 is 2.18 bits per heavy atom. The highest BCUT2D eigenvalue weighted by Crippen LogP contribution is 2.18. The van der Waals surface area contributed by atoms with E-state index in [-0.39, 0.29) is 11.9 Å². The Bertz CT molecular complexity index is 148. The molecule has 0 radical (unpaired) electrons. The molecule has 0 aliphatic rings. The van der Waals surface area contributed by atoms with Gasteiger partial charge in [0.25, 0.3) is 0 Å². The standard InChI is InChI=1S/C6H11F3N2/c1-4(2)11-5(10)3-6(7,8)9/h4H,3H2,1-2H3,(H2,10,11). The van der Waals surface area contributed by atoms with Crippen LogP contribution in [0.3, 0.4) is 0 Å². The monoisotopic (exact) mass is 168 g/mol. The van der Waals surface area contributed by atoms with E-state index in [1.165, 1.54) is 0 Å². The zero-order valence-corrected chi connectivity index (χ0v) is 6.44. The van der Waals surface area contributed by atoms with Gasteiger partial charge < -0.3 is 5.73 Å². The quantitative estimate of drug-likeness (QED) is 0.494. The van der Waals surface area contributed by atoms with Crippen molar-refractivity contribution in [1.82, 2.24) is 0 Å². The van der Waals surface area contributed by atoms with Crippen LogP contribution in [0.25, 0.3) is 0 Å². The number of amidine groups is 1. The molecule has 0 saturated carbocycles. The Hall–Kier alpha value is -0.740. The largest absolute Gasteiger partial charge is 0.395 e. The molecule has 0 atom stereocenters. The molecule has 66 valence electrons. The van der Waals surface area contributed by atoms with Crippen molar-refractivity contribution in [3.8, 4) is 0 Å². The molecule has 11 heavy (non-hydrogen) atoms. The van der Waals surface area contributed by atoms with Crippen LogP contribution in [0, 0.1) is 0 Å². The van der Waals surface area contributed by atoms with Crippen LogP contribution in [-0.2, 0) is 0 Å². The van der Waals surface area contributed by atoms with Gasteiger partial charge in [0, 0.05) is 6.04 Å². The van der Waals surface area contributed by atoms with Crippen LogP contribution in [0.15, 0.2) is 4.99 Å². The number of halogens is 3. The van der Waals surface area contributed by atoms with Crippen LogP contribution in [0.4, 0.5) is 13.2 Å². The molecule has 0 spiro atoms. The topological polar surface area (TPSA) is 38.4 Å². The normalized spacial score (nSPS) is 14.2. The Morgan fingerprint density at radius 1 is 1.45 bits per heavy atom. The van der Waals surface area contributed by atoms with Crippen molar-refractivity contribution in [2.75, 3.05) is 0 Å². The van der Waals surface area contributed by atoms with Crippen molar-refractivity contribution < 1.29 is 13.2 Å². The Balaban J connectivity index is 3.97. The van der Waals surface area contributed by atoms with Crippen LogP contribution in [0.5, 0.6) is 0 Å². The lowest BCUT2D eigenvalue weighted by Gasteiger charge is -2.06. The number of aliphatic imine (C=N–C) groups is 1. The first-order valence-corrected chi connectivity index (χ1v) is 3.20. The fourth-order valence-corrected chi connectivity index (χ4v) is 0.583. The predicted octanol–water partition coefficient (Wildman–Crippen LogP) is 1.70. The molecule has 0 aromatic rings. The summed E-state index contributed by atoms with van der Waals surface area (Å²) in [7, 11) is 0. The molecule has 0 unspecified atom stereocenters. The first kappa shape index (κ1) is 10.3. The lowest BCUT2D eigenvalue weighted by Crippen LogP contribution is -2.23. The van der Waals surface area contributed by atoms with E-state index in [1.807, 2.05) is 0 Å². The molecule has 0 amide bonds. The predicted molar refractivity (Wildman–Crippen MR) is 37.4 cm³/mol. The molecule has 2 nitrogen and oxygen atoms in total. The maximum atomic E-state index is 11.6. The Kier molecular flexibility index (Phi) is 3.35. The summed E-state index contributed by atoms with van der Waals surface area (Å²) in [6, 6.07) is -0.183. The van der Waals surface area contributed by atoms with Gasteiger partial charge in [-0.15, -0.1) is 0 Å². The summed E-state index contributed by atoms with van der Waals surface area (Å²) < 4.78 is 34.8. The lowest BCUT2D eigenvalue weighted by molar-refractivity contribution is -0.121. The van der Waals surface area contributed by atoms with Gasteiger partial charge in [0.05, 0.1) is 0 Å². The van der Waals surface area contributed by atoms with Crippen LogP contribution in [-0.4, -0.2) is 18.1 Å². The third-order valence-electron chi connectivity index (χ3n) is 0.806. The fourth-order valence-electron chi connectivity index (χ4n) is 0.583. The minimum atomic E-state index is -4.25. The highest BCUT2D eigenvalue weighted by Gasteiger charge is 2.28. The van der Waals surface area contributed by atoms with Crippen molar-refractivity contribution in [1.29, 1.82) is 0 Å². The number of nitrogens with two attached hydrogens (primary N) is 1. The minimum Gasteiger partial charge on any atom is -0.387 e. The maximum absolute atomic E-state index is 11.6. The summed E-state index contributed by atoms with van der Waals surface area (Å²) in [5, 5.41) is 0. The number of nitrogens with zero attached hydrogens (tertiary/aromatic N) is 1.